The number of hydrogen-bond donors (Lipinski definition) is 0. The minimum atomic E-state index is 0.923. The molecule has 470 valence electrons. The number of rotatable bonds is 7. The molecule has 0 saturated heterocycles. The molecule has 0 atom stereocenters. The molecule has 102 heavy (non-hydrogen) atoms. The van der Waals surface area contributed by atoms with Crippen LogP contribution in [0.5, 0.6) is 0 Å². The van der Waals surface area contributed by atoms with Crippen molar-refractivity contribution in [2.24, 2.45) is 0 Å². The van der Waals surface area contributed by atoms with Crippen molar-refractivity contribution in [3.8, 4) is 56.4 Å². The third-order valence-electron chi connectivity index (χ3n) is 22.4. The largest absolute Gasteiger partial charge is 0.309 e. The van der Waals surface area contributed by atoms with Crippen LogP contribution in [-0.2, 0) is 0 Å². The molecule has 10 heterocycles. The van der Waals surface area contributed by atoms with Gasteiger partial charge in [-0.15, -0.1) is 0 Å². The molecule has 0 bridgehead atoms. The molecule has 0 fully saturated rings. The average molecular weight is 1300 g/mol. The first kappa shape index (κ1) is 54.2. The normalized spacial score (nSPS) is 12.5. The maximum absolute atomic E-state index is 5.55. The monoisotopic (exact) mass is 1290 g/mol. The summed E-state index contributed by atoms with van der Waals surface area (Å²) in [5, 5.41) is 19.4. The second-order valence-electron chi connectivity index (χ2n) is 27.5. The van der Waals surface area contributed by atoms with Gasteiger partial charge in [0.2, 0.25) is 0 Å². The molecule has 0 spiro atoms. The Morgan fingerprint density at radius 3 is 1.27 bits per heavy atom. The number of fused-ring (bicyclic) bond motifs is 25. The predicted molar refractivity (Wildman–Crippen MR) is 425 cm³/mol. The summed E-state index contributed by atoms with van der Waals surface area (Å²) in [6.45, 7) is 0. The highest BCUT2D eigenvalue weighted by Gasteiger charge is 2.29. The van der Waals surface area contributed by atoms with E-state index in [0.717, 1.165) is 112 Å². The molecule has 24 rings (SSSR count). The number of hydrogen-bond acceptors (Lipinski definition) is 2. The van der Waals surface area contributed by atoms with Gasteiger partial charge in [0.25, 0.3) is 0 Å². The average Bonchev–Trinajstić information content (AvgIpc) is 1.54. The van der Waals surface area contributed by atoms with E-state index in [2.05, 4.69) is 355 Å². The summed E-state index contributed by atoms with van der Waals surface area (Å²) in [4.78, 5) is 10.8. The van der Waals surface area contributed by atoms with E-state index < -0.39 is 0 Å². The SMILES string of the molecule is c1ccc(-c2nc3cccc4c5cc(-n6c7ccccc7c7c8ccc(-c9cccc(-c%10nc%11cccc%12c%13cc(-n%14c%15ccc%16ccccc%16c%15c%15ccc%16c(c%17ccccc%17n%16-c%16ccccc%16)c%15%14)ccc%13c%10n%11%12)c9)cc8c8c9ccccc9n(-c9ccccc9)c8c76)ccc5c2n34)cc1. The molecule has 0 amide bonds. The lowest BCUT2D eigenvalue weighted by Gasteiger charge is -2.15. The fourth-order valence-electron chi connectivity index (χ4n) is 18.3. The van der Waals surface area contributed by atoms with Crippen LogP contribution in [0.25, 0.3) is 220 Å². The van der Waals surface area contributed by atoms with Crippen molar-refractivity contribution in [3.05, 3.63) is 328 Å². The van der Waals surface area contributed by atoms with E-state index in [1.807, 2.05) is 0 Å². The van der Waals surface area contributed by atoms with Crippen LogP contribution in [0.15, 0.2) is 328 Å². The molecule has 0 aliphatic carbocycles. The Labute approximate surface area is 581 Å². The van der Waals surface area contributed by atoms with Crippen molar-refractivity contribution in [2.75, 3.05) is 0 Å². The van der Waals surface area contributed by atoms with E-state index in [4.69, 9.17) is 9.97 Å². The van der Waals surface area contributed by atoms with Gasteiger partial charge in [-0.3, -0.25) is 8.80 Å². The van der Waals surface area contributed by atoms with Crippen LogP contribution in [0.4, 0.5) is 0 Å². The zero-order valence-electron chi connectivity index (χ0n) is 54.8. The molecule has 14 aromatic carbocycles. The van der Waals surface area contributed by atoms with Crippen molar-refractivity contribution >= 4 is 164 Å². The lowest BCUT2D eigenvalue weighted by molar-refractivity contribution is 1.15. The van der Waals surface area contributed by atoms with Gasteiger partial charge in [0.05, 0.1) is 77.6 Å². The Bertz CT molecular complexity index is 7730. The zero-order chi connectivity index (χ0) is 66.2. The summed E-state index contributed by atoms with van der Waals surface area (Å²) >= 11 is 0. The van der Waals surface area contributed by atoms with Crippen molar-refractivity contribution in [3.63, 3.8) is 0 Å². The van der Waals surface area contributed by atoms with Gasteiger partial charge in [-0.25, -0.2) is 9.97 Å². The van der Waals surface area contributed by atoms with Crippen LogP contribution >= 0.6 is 0 Å². The fourth-order valence-corrected chi connectivity index (χ4v) is 18.3. The summed E-state index contributed by atoms with van der Waals surface area (Å²) < 4.78 is 14.8. The third kappa shape index (κ3) is 7.08. The van der Waals surface area contributed by atoms with Crippen LogP contribution in [0.2, 0.25) is 0 Å². The van der Waals surface area contributed by atoms with E-state index >= 15 is 0 Å². The summed E-state index contributed by atoms with van der Waals surface area (Å²) in [6, 6.07) is 121. The standard InChI is InChI=1S/C94H54N8/c1-4-22-56(23-5-1)88-91-66-46-43-62(53-72(66)78-37-19-39-82(95-88)101(78)91)99-77-36-17-12-31-68(77)85-65-45-41-58(52-74(65)86-69-32-13-16-35-76(69)98(94(86)93(85)99)61-28-8-3-9-29-61)57-24-18-25-59(51-57)89-92-67-47-44-63(54-73(67)79-38-20-40-83(96-89)102(79)92)100-80-49-42-55-21-10-11-30-64(55)84(80)71-48-50-81-87(90(71)100)70-33-14-15-34-75(70)97(81)60-26-6-2-7-27-60/h1-54H. The van der Waals surface area contributed by atoms with Gasteiger partial charge in [0, 0.05) is 98.5 Å². The molecule has 0 N–H and O–H groups in total. The molecular weight excluding hydrogens is 1240 g/mol. The van der Waals surface area contributed by atoms with E-state index in [-0.39, 0.29) is 0 Å². The van der Waals surface area contributed by atoms with Crippen molar-refractivity contribution < 1.29 is 0 Å². The molecule has 0 aliphatic heterocycles. The van der Waals surface area contributed by atoms with E-state index in [1.54, 1.807) is 0 Å². The Morgan fingerprint density at radius 1 is 0.186 bits per heavy atom. The quantitative estimate of drug-likeness (QED) is 0.160. The van der Waals surface area contributed by atoms with Gasteiger partial charge in [-0.1, -0.05) is 212 Å². The van der Waals surface area contributed by atoms with E-state index in [1.165, 1.54) is 108 Å². The number of benzene rings is 14. The lowest BCUT2D eigenvalue weighted by atomic mass is 9.94. The Morgan fingerprint density at radius 2 is 0.627 bits per heavy atom. The highest BCUT2D eigenvalue weighted by atomic mass is 15.1. The lowest BCUT2D eigenvalue weighted by Crippen LogP contribution is -1.99. The van der Waals surface area contributed by atoms with Gasteiger partial charge in [0.15, 0.2) is 0 Å². The minimum Gasteiger partial charge on any atom is -0.309 e. The molecule has 0 saturated carbocycles. The summed E-state index contributed by atoms with van der Waals surface area (Å²) in [7, 11) is 0. The second kappa shape index (κ2) is 19.9. The first-order valence-corrected chi connectivity index (χ1v) is 35.1. The Balaban J connectivity index is 0.709. The van der Waals surface area contributed by atoms with Crippen molar-refractivity contribution in [2.45, 2.75) is 0 Å². The molecule has 0 radical (unpaired) electrons. The molecule has 10 aromatic heterocycles. The fraction of sp³-hybridized carbons (Fsp3) is 0. The molecule has 0 unspecified atom stereocenters. The van der Waals surface area contributed by atoms with Crippen LogP contribution in [0.1, 0.15) is 0 Å². The Kier molecular flexibility index (Phi) is 10.6. The predicted octanol–water partition coefficient (Wildman–Crippen LogP) is 24.2. The van der Waals surface area contributed by atoms with E-state index in [0.29, 0.717) is 0 Å². The summed E-state index contributed by atoms with van der Waals surface area (Å²) in [6.07, 6.45) is 0. The highest BCUT2D eigenvalue weighted by molar-refractivity contribution is 6.37. The number of nitrogens with zero attached hydrogens (tertiary/aromatic N) is 8. The van der Waals surface area contributed by atoms with Crippen LogP contribution in [0, 0.1) is 0 Å². The van der Waals surface area contributed by atoms with Crippen LogP contribution < -0.4 is 0 Å². The minimum absolute atomic E-state index is 0.923. The van der Waals surface area contributed by atoms with Gasteiger partial charge < -0.3 is 18.3 Å². The smallest absolute Gasteiger partial charge is 0.138 e. The van der Waals surface area contributed by atoms with Crippen LogP contribution in [-0.4, -0.2) is 37.0 Å². The van der Waals surface area contributed by atoms with Crippen molar-refractivity contribution in [1.29, 1.82) is 0 Å². The molecule has 8 nitrogen and oxygen atoms in total. The zero-order valence-corrected chi connectivity index (χ0v) is 54.8. The number of pyridine rings is 2. The number of imidazole rings is 2. The maximum atomic E-state index is 5.55. The highest BCUT2D eigenvalue weighted by Crippen LogP contribution is 2.51. The van der Waals surface area contributed by atoms with Gasteiger partial charge >= 0.3 is 0 Å². The summed E-state index contributed by atoms with van der Waals surface area (Å²) in [5.74, 6) is 0. The molecule has 8 heteroatoms. The van der Waals surface area contributed by atoms with E-state index in [9.17, 15) is 0 Å². The number of aromatic nitrogens is 8. The Hall–Kier alpha value is -13.8. The van der Waals surface area contributed by atoms with Gasteiger partial charge in [-0.05, 0) is 148 Å². The van der Waals surface area contributed by atoms with Crippen molar-refractivity contribution in [1.82, 2.24) is 37.0 Å². The number of para-hydroxylation sites is 5. The second-order valence-corrected chi connectivity index (χ2v) is 27.5. The van der Waals surface area contributed by atoms with Gasteiger partial charge in [-0.2, -0.15) is 0 Å². The first-order chi connectivity index (χ1) is 50.6. The molecule has 0 aliphatic rings. The molecular formula is C94H54N8. The topological polar surface area (TPSA) is 54.3 Å². The third-order valence-corrected chi connectivity index (χ3v) is 22.4. The summed E-state index contributed by atoms with van der Waals surface area (Å²) in [5.41, 5.74) is 26.6. The first-order valence-electron chi connectivity index (χ1n) is 35.1. The maximum Gasteiger partial charge on any atom is 0.138 e. The van der Waals surface area contributed by atoms with Gasteiger partial charge in [0.1, 0.15) is 11.3 Å². The van der Waals surface area contributed by atoms with Crippen LogP contribution in [0.3, 0.4) is 0 Å². The molecule has 24 aromatic rings.